The van der Waals surface area contributed by atoms with Crippen molar-refractivity contribution in [1.82, 2.24) is 9.80 Å². The van der Waals surface area contributed by atoms with Crippen LogP contribution >= 0.6 is 11.8 Å². The lowest BCUT2D eigenvalue weighted by Crippen LogP contribution is -2.46. The summed E-state index contributed by atoms with van der Waals surface area (Å²) in [5, 5.41) is 0.826. The number of thioether (sulfide) groups is 1. The number of carbonyl (C=O) groups excluding carboxylic acids is 1. The minimum atomic E-state index is -0.150. The van der Waals surface area contributed by atoms with Crippen LogP contribution in [0.5, 0.6) is 5.75 Å². The summed E-state index contributed by atoms with van der Waals surface area (Å²) in [6.45, 7) is 4.36. The highest BCUT2D eigenvalue weighted by atomic mass is 32.2. The van der Waals surface area contributed by atoms with E-state index >= 15 is 0 Å². The summed E-state index contributed by atoms with van der Waals surface area (Å²) in [5.41, 5.74) is 2.10. The second-order valence-corrected chi connectivity index (χ2v) is 7.95. The van der Waals surface area contributed by atoms with E-state index < -0.39 is 0 Å². The van der Waals surface area contributed by atoms with Crippen LogP contribution in [-0.4, -0.2) is 54.1 Å². The van der Waals surface area contributed by atoms with Crippen LogP contribution in [0.25, 0.3) is 6.08 Å². The van der Waals surface area contributed by atoms with Crippen molar-refractivity contribution in [2.45, 2.75) is 6.61 Å². The number of benzene rings is 2. The van der Waals surface area contributed by atoms with Gasteiger partial charge in [-0.25, -0.2) is 0 Å². The van der Waals surface area contributed by atoms with Gasteiger partial charge in [0.1, 0.15) is 12.4 Å². The normalized spacial score (nSPS) is 19.2. The third-order valence-electron chi connectivity index (χ3n) is 4.81. The zero-order valence-corrected chi connectivity index (χ0v) is 16.7. The second-order valence-electron chi connectivity index (χ2n) is 6.94. The monoisotopic (exact) mass is 393 g/mol. The average molecular weight is 394 g/mol. The van der Waals surface area contributed by atoms with Gasteiger partial charge < -0.3 is 14.5 Å². The van der Waals surface area contributed by atoms with E-state index in [-0.39, 0.29) is 5.91 Å². The predicted octanol–water partition coefficient (Wildman–Crippen LogP) is 3.48. The summed E-state index contributed by atoms with van der Waals surface area (Å²) < 4.78 is 5.82. The molecule has 0 unspecified atom stereocenters. The number of nitrogens with zero attached hydrogens (tertiary/aromatic N) is 3. The molecule has 2 aromatic rings. The Morgan fingerprint density at radius 2 is 1.75 bits per heavy atom. The van der Waals surface area contributed by atoms with Crippen LogP contribution in [0.3, 0.4) is 0 Å². The van der Waals surface area contributed by atoms with Gasteiger partial charge in [-0.15, -0.1) is 0 Å². The lowest BCUT2D eigenvalue weighted by molar-refractivity contribution is -0.113. The zero-order valence-electron chi connectivity index (χ0n) is 15.9. The Bertz CT molecular complexity index is 886. The number of rotatable bonds is 4. The maximum atomic E-state index is 12.3. The van der Waals surface area contributed by atoms with E-state index in [1.165, 1.54) is 11.8 Å². The van der Waals surface area contributed by atoms with Crippen molar-refractivity contribution in [3.8, 4) is 5.75 Å². The molecule has 0 spiro atoms. The van der Waals surface area contributed by atoms with Crippen molar-refractivity contribution in [3.05, 3.63) is 70.6 Å². The minimum absolute atomic E-state index is 0.150. The van der Waals surface area contributed by atoms with Gasteiger partial charge in [-0.1, -0.05) is 42.5 Å². The first-order chi connectivity index (χ1) is 13.7. The van der Waals surface area contributed by atoms with E-state index in [2.05, 4.69) is 21.8 Å². The molecule has 0 aromatic heterocycles. The fourth-order valence-electron chi connectivity index (χ4n) is 3.08. The molecule has 0 bridgehead atoms. The van der Waals surface area contributed by atoms with E-state index in [1.807, 2.05) is 60.7 Å². The Morgan fingerprint density at radius 1 is 1.04 bits per heavy atom. The molecule has 0 saturated carbocycles. The van der Waals surface area contributed by atoms with Crippen molar-refractivity contribution < 1.29 is 9.53 Å². The number of likely N-dealkylation sites (N-methyl/N-ethyl adjacent to an activating group) is 1. The van der Waals surface area contributed by atoms with Crippen molar-refractivity contribution >= 4 is 28.9 Å². The Hall–Kier alpha value is -2.57. The molecule has 0 atom stereocenters. The quantitative estimate of drug-likeness (QED) is 0.744. The standard InChI is InChI=1S/C22H23N3O2S/c1-24-11-13-25(14-12-24)22-23-21(26)20(28-22)15-17-7-9-19(10-8-17)27-16-18-5-3-2-4-6-18/h2-10,15H,11-14,16H2,1H3/b20-15-. The number of hydrogen-bond acceptors (Lipinski definition) is 5. The number of hydrogen-bond donors (Lipinski definition) is 0. The summed E-state index contributed by atoms with van der Waals surface area (Å²) >= 11 is 1.47. The second kappa shape index (κ2) is 8.63. The molecule has 1 amide bonds. The van der Waals surface area contributed by atoms with Gasteiger partial charge in [0.25, 0.3) is 5.91 Å². The number of carbonyl (C=O) groups is 1. The lowest BCUT2D eigenvalue weighted by Gasteiger charge is -2.32. The Labute approximate surface area is 169 Å². The highest BCUT2D eigenvalue weighted by molar-refractivity contribution is 8.18. The Balaban J connectivity index is 1.36. The number of amides is 1. The Kier molecular flexibility index (Phi) is 5.78. The molecular weight excluding hydrogens is 370 g/mol. The van der Waals surface area contributed by atoms with Crippen molar-refractivity contribution in [2.75, 3.05) is 33.2 Å². The summed E-state index contributed by atoms with van der Waals surface area (Å²) in [4.78, 5) is 21.7. The first kappa shape index (κ1) is 18.8. The van der Waals surface area contributed by atoms with E-state index in [0.29, 0.717) is 11.5 Å². The molecule has 0 aliphatic carbocycles. The summed E-state index contributed by atoms with van der Waals surface area (Å²) in [7, 11) is 2.12. The Morgan fingerprint density at radius 3 is 2.46 bits per heavy atom. The molecule has 1 fully saturated rings. The lowest BCUT2D eigenvalue weighted by atomic mass is 10.2. The molecule has 0 radical (unpaired) electrons. The number of amidine groups is 1. The first-order valence-corrected chi connectivity index (χ1v) is 10.2. The minimum Gasteiger partial charge on any atom is -0.489 e. The molecule has 2 aromatic carbocycles. The largest absolute Gasteiger partial charge is 0.489 e. The van der Waals surface area contributed by atoms with E-state index in [1.54, 1.807) is 0 Å². The molecule has 144 valence electrons. The fourth-order valence-corrected chi connectivity index (χ4v) is 4.05. The summed E-state index contributed by atoms with van der Waals surface area (Å²) in [6.07, 6.45) is 1.90. The maximum absolute atomic E-state index is 12.3. The fraction of sp³-hybridized carbons (Fsp3) is 0.273. The molecular formula is C22H23N3O2S. The molecule has 2 heterocycles. The van der Waals surface area contributed by atoms with Crippen molar-refractivity contribution in [3.63, 3.8) is 0 Å². The third kappa shape index (κ3) is 4.64. The highest BCUT2D eigenvalue weighted by Crippen LogP contribution is 2.31. The van der Waals surface area contributed by atoms with Crippen LogP contribution < -0.4 is 4.74 Å². The zero-order chi connectivity index (χ0) is 19.3. The number of ether oxygens (including phenoxy) is 1. The molecule has 1 saturated heterocycles. The van der Waals surface area contributed by atoms with Crippen molar-refractivity contribution in [1.29, 1.82) is 0 Å². The smallest absolute Gasteiger partial charge is 0.286 e. The number of piperazine rings is 1. The molecule has 6 heteroatoms. The van der Waals surface area contributed by atoms with Gasteiger partial charge in [0, 0.05) is 26.2 Å². The van der Waals surface area contributed by atoms with Crippen LogP contribution in [0.15, 0.2) is 64.5 Å². The topological polar surface area (TPSA) is 45.1 Å². The van der Waals surface area contributed by atoms with Crippen molar-refractivity contribution in [2.24, 2.45) is 4.99 Å². The highest BCUT2D eigenvalue weighted by Gasteiger charge is 2.27. The molecule has 2 aliphatic heterocycles. The van der Waals surface area contributed by atoms with Gasteiger partial charge >= 0.3 is 0 Å². The van der Waals surface area contributed by atoms with Gasteiger partial charge in [-0.3, -0.25) is 4.79 Å². The first-order valence-electron chi connectivity index (χ1n) is 9.40. The predicted molar refractivity (Wildman–Crippen MR) is 114 cm³/mol. The molecule has 5 nitrogen and oxygen atoms in total. The van der Waals surface area contributed by atoms with Gasteiger partial charge in [0.2, 0.25) is 0 Å². The van der Waals surface area contributed by atoms with Crippen LogP contribution in [-0.2, 0) is 11.4 Å². The number of aliphatic imine (C=N–C) groups is 1. The average Bonchev–Trinajstić information content (AvgIpc) is 3.09. The van der Waals surface area contributed by atoms with Gasteiger partial charge in [0.05, 0.1) is 4.91 Å². The van der Waals surface area contributed by atoms with E-state index in [9.17, 15) is 4.79 Å². The van der Waals surface area contributed by atoms with E-state index in [0.717, 1.165) is 48.2 Å². The van der Waals surface area contributed by atoms with Crippen LogP contribution in [0.4, 0.5) is 0 Å². The molecule has 28 heavy (non-hydrogen) atoms. The molecule has 2 aliphatic rings. The summed E-state index contributed by atoms with van der Waals surface area (Å²) in [6, 6.07) is 17.9. The van der Waals surface area contributed by atoms with Crippen LogP contribution in [0.1, 0.15) is 11.1 Å². The van der Waals surface area contributed by atoms with Crippen LogP contribution in [0, 0.1) is 0 Å². The van der Waals surface area contributed by atoms with Crippen LogP contribution in [0.2, 0.25) is 0 Å². The van der Waals surface area contributed by atoms with Gasteiger partial charge in [0.15, 0.2) is 5.17 Å². The van der Waals surface area contributed by atoms with Gasteiger partial charge in [-0.2, -0.15) is 4.99 Å². The molecule has 0 N–H and O–H groups in total. The third-order valence-corrected chi connectivity index (χ3v) is 5.85. The SMILES string of the molecule is CN1CCN(C2=NC(=O)/C(=C/c3ccc(OCc4ccccc4)cc3)S2)CC1. The summed E-state index contributed by atoms with van der Waals surface area (Å²) in [5.74, 6) is 0.661. The van der Waals surface area contributed by atoms with Gasteiger partial charge in [-0.05, 0) is 48.1 Å². The maximum Gasteiger partial charge on any atom is 0.286 e. The molecule has 4 rings (SSSR count). The van der Waals surface area contributed by atoms with E-state index in [4.69, 9.17) is 4.74 Å².